The van der Waals surface area contributed by atoms with E-state index < -0.39 is 0 Å². The van der Waals surface area contributed by atoms with Gasteiger partial charge in [-0.1, -0.05) is 42.5 Å². The smallest absolute Gasteiger partial charge is 0.235 e. The van der Waals surface area contributed by atoms with Crippen LogP contribution in [-0.2, 0) is 6.54 Å². The molecule has 30 heavy (non-hydrogen) atoms. The fourth-order valence-electron chi connectivity index (χ4n) is 3.69. The Hall–Kier alpha value is -3.56. The van der Waals surface area contributed by atoms with Crippen LogP contribution in [0.1, 0.15) is 22.7 Å². The number of nitrogens with one attached hydrogen (secondary N) is 1. The van der Waals surface area contributed by atoms with Crippen LogP contribution >= 0.6 is 0 Å². The number of hydrogen-bond donors (Lipinski definition) is 1. The molecule has 0 saturated carbocycles. The molecule has 1 aliphatic rings. The van der Waals surface area contributed by atoms with E-state index in [2.05, 4.69) is 40.2 Å². The molecule has 2 heterocycles. The number of hydrogen-bond acceptors (Lipinski definition) is 5. The number of anilines is 1. The summed E-state index contributed by atoms with van der Waals surface area (Å²) in [6.07, 6.45) is 3.69. The van der Waals surface area contributed by atoms with E-state index in [0.29, 0.717) is 17.5 Å². The van der Waals surface area contributed by atoms with Gasteiger partial charge < -0.3 is 19.0 Å². The van der Waals surface area contributed by atoms with Crippen LogP contribution in [0.15, 0.2) is 59.0 Å². The minimum Gasteiger partial charge on any atom is -0.497 e. The molecular formula is C24H25N4O2+. The van der Waals surface area contributed by atoms with Crippen LogP contribution in [0.25, 0.3) is 12.2 Å². The van der Waals surface area contributed by atoms with Crippen LogP contribution in [0.3, 0.4) is 0 Å². The van der Waals surface area contributed by atoms with Crippen molar-refractivity contribution in [1.82, 2.24) is 4.98 Å². The molecule has 1 aliphatic heterocycles. The summed E-state index contributed by atoms with van der Waals surface area (Å²) in [5.74, 6) is 1.80. The zero-order valence-electron chi connectivity index (χ0n) is 17.0. The molecular weight excluding hydrogens is 376 g/mol. The molecule has 0 atom stereocenters. The fraction of sp³-hybridized carbons (Fsp3) is 0.250. The number of ether oxygens (including phenoxy) is 1. The van der Waals surface area contributed by atoms with Gasteiger partial charge in [0.25, 0.3) is 0 Å². The Labute approximate surface area is 176 Å². The Morgan fingerprint density at radius 2 is 1.93 bits per heavy atom. The first-order valence-corrected chi connectivity index (χ1v) is 10.1. The quantitative estimate of drug-likeness (QED) is 0.688. The normalized spacial score (nSPS) is 14.7. The molecule has 0 unspecified atom stereocenters. The average Bonchev–Trinajstić information content (AvgIpc) is 3.22. The highest BCUT2D eigenvalue weighted by atomic mass is 16.5. The molecule has 1 aromatic heterocycles. The highest BCUT2D eigenvalue weighted by molar-refractivity contribution is 5.68. The second kappa shape index (κ2) is 9.29. The van der Waals surface area contributed by atoms with Crippen molar-refractivity contribution in [2.45, 2.75) is 6.54 Å². The van der Waals surface area contributed by atoms with Crippen molar-refractivity contribution in [1.29, 1.82) is 5.26 Å². The number of methoxy groups -OCH3 is 1. The monoisotopic (exact) mass is 401 g/mol. The summed E-state index contributed by atoms with van der Waals surface area (Å²) in [6.45, 7) is 4.69. The minimum atomic E-state index is 0.340. The molecule has 152 valence electrons. The predicted molar refractivity (Wildman–Crippen MR) is 116 cm³/mol. The molecule has 6 heteroatoms. The van der Waals surface area contributed by atoms with Gasteiger partial charge in [0.15, 0.2) is 0 Å². The lowest BCUT2D eigenvalue weighted by atomic mass is 10.2. The van der Waals surface area contributed by atoms with Gasteiger partial charge in [0.2, 0.25) is 17.5 Å². The van der Waals surface area contributed by atoms with Gasteiger partial charge in [-0.25, -0.2) is 0 Å². The average molecular weight is 401 g/mol. The Morgan fingerprint density at radius 1 is 1.13 bits per heavy atom. The predicted octanol–water partition coefficient (Wildman–Crippen LogP) is 2.63. The number of quaternary nitrogens is 1. The number of oxazole rings is 1. The molecule has 3 aromatic rings. The number of piperazine rings is 1. The van der Waals surface area contributed by atoms with Crippen molar-refractivity contribution < 1.29 is 14.1 Å². The van der Waals surface area contributed by atoms with E-state index in [0.717, 1.165) is 44.0 Å². The first-order valence-electron chi connectivity index (χ1n) is 10.1. The Balaban J connectivity index is 1.42. The van der Waals surface area contributed by atoms with Crippen molar-refractivity contribution in [3.05, 3.63) is 77.3 Å². The Morgan fingerprint density at radius 3 is 2.67 bits per heavy atom. The molecule has 0 aliphatic carbocycles. The van der Waals surface area contributed by atoms with E-state index in [1.807, 2.05) is 36.4 Å². The van der Waals surface area contributed by atoms with Crippen molar-refractivity contribution in [3.63, 3.8) is 0 Å². The third-order valence-electron chi connectivity index (χ3n) is 5.30. The number of nitrogens with zero attached hydrogens (tertiary/aromatic N) is 3. The maximum atomic E-state index is 9.52. The van der Waals surface area contributed by atoms with Gasteiger partial charge in [0, 0.05) is 11.6 Å². The standard InChI is InChI=1S/C24H24N4O2/c1-29-21-9-5-8-19(16-21)10-11-23-26-22(17-25)24(30-23)28-14-12-27(13-15-28)18-20-6-3-2-4-7-20/h2-11,16H,12-15,18H2,1H3/p+1/b11-10+. The summed E-state index contributed by atoms with van der Waals surface area (Å²) >= 11 is 0. The highest BCUT2D eigenvalue weighted by Crippen LogP contribution is 2.23. The molecule has 6 nitrogen and oxygen atoms in total. The molecule has 1 fully saturated rings. The van der Waals surface area contributed by atoms with Crippen LogP contribution in [-0.4, -0.2) is 38.3 Å². The van der Waals surface area contributed by atoms with E-state index in [-0.39, 0.29) is 0 Å². The number of rotatable bonds is 6. The lowest BCUT2D eigenvalue weighted by molar-refractivity contribution is -0.914. The summed E-state index contributed by atoms with van der Waals surface area (Å²) in [4.78, 5) is 8.02. The van der Waals surface area contributed by atoms with Crippen LogP contribution in [0.2, 0.25) is 0 Å². The van der Waals surface area contributed by atoms with Crippen LogP contribution < -0.4 is 14.5 Å². The largest absolute Gasteiger partial charge is 0.497 e. The molecule has 1 N–H and O–H groups in total. The molecule has 4 rings (SSSR count). The summed E-state index contributed by atoms with van der Waals surface area (Å²) in [5, 5.41) is 9.52. The molecule has 0 spiro atoms. The Kier molecular flexibility index (Phi) is 6.11. The Bertz CT molecular complexity index is 1040. The first kappa shape index (κ1) is 19.7. The maximum Gasteiger partial charge on any atom is 0.235 e. The third kappa shape index (κ3) is 4.70. The van der Waals surface area contributed by atoms with Crippen LogP contribution in [0, 0.1) is 11.3 Å². The van der Waals surface area contributed by atoms with E-state index in [1.165, 1.54) is 10.5 Å². The van der Waals surface area contributed by atoms with Gasteiger partial charge >= 0.3 is 0 Å². The van der Waals surface area contributed by atoms with Crippen LogP contribution in [0.5, 0.6) is 5.75 Å². The SMILES string of the molecule is COc1cccc(/C=C/c2nc(C#N)c(N3CC[NH+](Cc4ccccc4)CC3)o2)c1. The molecule has 1 saturated heterocycles. The summed E-state index contributed by atoms with van der Waals surface area (Å²) in [6, 6.07) is 20.5. The van der Waals surface area contributed by atoms with Crippen molar-refractivity contribution in [2.24, 2.45) is 0 Å². The molecule has 2 aromatic carbocycles. The van der Waals surface area contributed by atoms with Crippen molar-refractivity contribution in [3.8, 4) is 11.8 Å². The van der Waals surface area contributed by atoms with E-state index in [1.54, 1.807) is 13.2 Å². The topological polar surface area (TPSA) is 66.7 Å². The molecule has 0 radical (unpaired) electrons. The van der Waals surface area contributed by atoms with E-state index in [4.69, 9.17) is 9.15 Å². The van der Waals surface area contributed by atoms with Gasteiger partial charge in [-0.2, -0.15) is 10.2 Å². The highest BCUT2D eigenvalue weighted by Gasteiger charge is 2.25. The summed E-state index contributed by atoms with van der Waals surface area (Å²) < 4.78 is 11.2. The minimum absolute atomic E-state index is 0.340. The lowest BCUT2D eigenvalue weighted by Gasteiger charge is -2.31. The molecule has 0 bridgehead atoms. The number of aromatic nitrogens is 1. The fourth-order valence-corrected chi connectivity index (χ4v) is 3.69. The molecule has 0 amide bonds. The zero-order valence-corrected chi connectivity index (χ0v) is 17.0. The van der Waals surface area contributed by atoms with Gasteiger partial charge in [-0.05, 0) is 23.8 Å². The lowest BCUT2D eigenvalue weighted by Crippen LogP contribution is -3.13. The van der Waals surface area contributed by atoms with Crippen molar-refractivity contribution in [2.75, 3.05) is 38.2 Å². The van der Waals surface area contributed by atoms with Gasteiger partial charge in [0.1, 0.15) is 18.4 Å². The number of benzene rings is 2. The van der Waals surface area contributed by atoms with Gasteiger partial charge in [-0.15, -0.1) is 0 Å². The van der Waals surface area contributed by atoms with E-state index in [9.17, 15) is 5.26 Å². The second-order valence-corrected chi connectivity index (χ2v) is 7.33. The second-order valence-electron chi connectivity index (χ2n) is 7.33. The maximum absolute atomic E-state index is 9.52. The van der Waals surface area contributed by atoms with Gasteiger partial charge in [0.05, 0.1) is 33.3 Å². The van der Waals surface area contributed by atoms with Crippen LogP contribution in [0.4, 0.5) is 5.88 Å². The zero-order chi connectivity index (χ0) is 20.8. The summed E-state index contributed by atoms with van der Waals surface area (Å²) in [7, 11) is 1.64. The third-order valence-corrected chi connectivity index (χ3v) is 5.30. The van der Waals surface area contributed by atoms with Crippen molar-refractivity contribution >= 4 is 18.0 Å². The first-order chi connectivity index (χ1) is 14.7. The van der Waals surface area contributed by atoms with E-state index >= 15 is 0 Å². The van der Waals surface area contributed by atoms with Gasteiger partial charge in [-0.3, -0.25) is 0 Å². The number of nitriles is 1. The summed E-state index contributed by atoms with van der Waals surface area (Å²) in [5.41, 5.74) is 2.67.